The van der Waals surface area contributed by atoms with E-state index in [2.05, 4.69) is 25.2 Å². The molecule has 138 valence electrons. The highest BCUT2D eigenvalue weighted by Gasteiger charge is 2.26. The highest BCUT2D eigenvalue weighted by molar-refractivity contribution is 7.91. The molecule has 7 nitrogen and oxygen atoms in total. The Balaban J connectivity index is 1.56. The Hall–Kier alpha value is -2.06. The average Bonchev–Trinajstić information content (AvgIpc) is 2.97. The van der Waals surface area contributed by atoms with Gasteiger partial charge in [-0.25, -0.2) is 18.4 Å². The molecule has 1 aromatic heterocycles. The molecule has 2 aliphatic rings. The molecule has 1 N–H and O–H groups in total. The maximum Gasteiger partial charge on any atom is 0.228 e. The van der Waals surface area contributed by atoms with Gasteiger partial charge in [0.05, 0.1) is 10.6 Å². The molecule has 0 saturated carbocycles. The average molecular weight is 373 g/mol. The summed E-state index contributed by atoms with van der Waals surface area (Å²) >= 11 is 0. The van der Waals surface area contributed by atoms with Crippen LogP contribution in [0.3, 0.4) is 0 Å². The molecular formula is C18H23N5O2S. The number of rotatable bonds is 4. The topological polar surface area (TPSA) is 88.1 Å². The quantitative estimate of drug-likeness (QED) is 0.864. The van der Waals surface area contributed by atoms with Crippen molar-refractivity contribution in [2.24, 2.45) is 5.92 Å². The molecule has 0 atom stereocenters. The van der Waals surface area contributed by atoms with E-state index in [1.807, 2.05) is 13.1 Å². The lowest BCUT2D eigenvalue weighted by atomic mass is 9.98. The SMILES string of the molecule is CN(CC1CCNCC1)c1ncnc(-c2ccc3c(c2)CCS3(=O)=O)n1. The van der Waals surface area contributed by atoms with Crippen LogP contribution in [0.4, 0.5) is 5.95 Å². The monoisotopic (exact) mass is 373 g/mol. The second-order valence-electron chi connectivity index (χ2n) is 7.07. The summed E-state index contributed by atoms with van der Waals surface area (Å²) in [5.41, 5.74) is 1.69. The lowest BCUT2D eigenvalue weighted by molar-refractivity contribution is 0.376. The first-order chi connectivity index (χ1) is 12.5. The lowest BCUT2D eigenvalue weighted by Gasteiger charge is -2.27. The minimum absolute atomic E-state index is 0.188. The number of nitrogens with one attached hydrogen (secondary N) is 1. The Bertz CT molecular complexity index is 910. The summed E-state index contributed by atoms with van der Waals surface area (Å²) in [5, 5.41) is 3.38. The summed E-state index contributed by atoms with van der Waals surface area (Å²) < 4.78 is 24.0. The number of aryl methyl sites for hydroxylation is 1. The van der Waals surface area contributed by atoms with Crippen LogP contribution in [0.15, 0.2) is 29.4 Å². The van der Waals surface area contributed by atoms with Gasteiger partial charge >= 0.3 is 0 Å². The molecule has 1 fully saturated rings. The zero-order valence-corrected chi connectivity index (χ0v) is 15.7. The summed E-state index contributed by atoms with van der Waals surface area (Å²) in [6.45, 7) is 3.06. The van der Waals surface area contributed by atoms with E-state index >= 15 is 0 Å². The Kier molecular flexibility index (Phi) is 4.62. The van der Waals surface area contributed by atoms with E-state index in [1.54, 1.807) is 12.1 Å². The van der Waals surface area contributed by atoms with E-state index < -0.39 is 9.84 Å². The van der Waals surface area contributed by atoms with Crippen molar-refractivity contribution in [1.82, 2.24) is 20.3 Å². The predicted molar refractivity (Wildman–Crippen MR) is 99.9 cm³/mol. The van der Waals surface area contributed by atoms with Crippen molar-refractivity contribution in [2.75, 3.05) is 37.3 Å². The molecule has 0 spiro atoms. The van der Waals surface area contributed by atoms with Crippen LogP contribution in [0.25, 0.3) is 11.4 Å². The number of fused-ring (bicyclic) bond motifs is 1. The summed E-state index contributed by atoms with van der Waals surface area (Å²) in [5.74, 6) is 2.07. The number of benzene rings is 1. The van der Waals surface area contributed by atoms with Crippen LogP contribution in [0.5, 0.6) is 0 Å². The molecule has 1 aromatic carbocycles. The van der Waals surface area contributed by atoms with E-state index in [-0.39, 0.29) is 5.75 Å². The minimum Gasteiger partial charge on any atom is -0.344 e. The van der Waals surface area contributed by atoms with Crippen molar-refractivity contribution in [2.45, 2.75) is 24.2 Å². The predicted octanol–water partition coefficient (Wildman–Crippen LogP) is 1.30. The van der Waals surface area contributed by atoms with Crippen LogP contribution < -0.4 is 10.2 Å². The number of aromatic nitrogens is 3. The van der Waals surface area contributed by atoms with Crippen molar-refractivity contribution in [3.8, 4) is 11.4 Å². The Morgan fingerprint density at radius 3 is 2.85 bits per heavy atom. The molecule has 8 heteroatoms. The van der Waals surface area contributed by atoms with Crippen LogP contribution in [0.2, 0.25) is 0 Å². The minimum atomic E-state index is -3.11. The zero-order valence-electron chi connectivity index (χ0n) is 14.9. The highest BCUT2D eigenvalue weighted by Crippen LogP contribution is 2.29. The first-order valence-corrected chi connectivity index (χ1v) is 10.6. The van der Waals surface area contributed by atoms with Crippen molar-refractivity contribution < 1.29 is 8.42 Å². The molecule has 0 bridgehead atoms. The van der Waals surface area contributed by atoms with Crippen LogP contribution in [0.1, 0.15) is 18.4 Å². The molecule has 2 aromatic rings. The third-order valence-electron chi connectivity index (χ3n) is 5.19. The lowest BCUT2D eigenvalue weighted by Crippen LogP contribution is -2.35. The molecule has 0 radical (unpaired) electrons. The van der Waals surface area contributed by atoms with E-state index in [1.165, 1.54) is 19.2 Å². The second-order valence-corrected chi connectivity index (χ2v) is 9.15. The van der Waals surface area contributed by atoms with Gasteiger partial charge in [-0.2, -0.15) is 4.98 Å². The first kappa shape index (κ1) is 17.4. The van der Waals surface area contributed by atoms with Crippen LogP contribution >= 0.6 is 0 Å². The molecule has 26 heavy (non-hydrogen) atoms. The van der Waals surface area contributed by atoms with Gasteiger partial charge in [-0.05, 0) is 62.0 Å². The molecule has 4 rings (SSSR count). The first-order valence-electron chi connectivity index (χ1n) is 9.00. The summed E-state index contributed by atoms with van der Waals surface area (Å²) in [4.78, 5) is 15.7. The van der Waals surface area contributed by atoms with Crippen molar-refractivity contribution >= 4 is 15.8 Å². The normalized spacial score (nSPS) is 19.3. The molecular weight excluding hydrogens is 350 g/mol. The molecule has 1 saturated heterocycles. The number of piperidine rings is 1. The van der Waals surface area contributed by atoms with Crippen molar-refractivity contribution in [3.63, 3.8) is 0 Å². The van der Waals surface area contributed by atoms with Gasteiger partial charge in [0.15, 0.2) is 15.7 Å². The maximum absolute atomic E-state index is 12.0. The fourth-order valence-corrected chi connectivity index (χ4v) is 5.26. The summed E-state index contributed by atoms with van der Waals surface area (Å²) in [7, 11) is -1.10. The smallest absolute Gasteiger partial charge is 0.228 e. The second kappa shape index (κ2) is 6.92. The number of hydrogen-bond acceptors (Lipinski definition) is 7. The Labute approximate surface area is 153 Å². The van der Waals surface area contributed by atoms with E-state index in [9.17, 15) is 8.42 Å². The summed E-state index contributed by atoms with van der Waals surface area (Å²) in [6.07, 6.45) is 4.42. The van der Waals surface area contributed by atoms with Crippen molar-refractivity contribution in [1.29, 1.82) is 0 Å². The zero-order chi connectivity index (χ0) is 18.1. The van der Waals surface area contributed by atoms with Crippen LogP contribution in [0, 0.1) is 5.92 Å². The van der Waals surface area contributed by atoms with E-state index in [0.29, 0.717) is 29.0 Å². The van der Waals surface area contributed by atoms with E-state index in [0.717, 1.165) is 30.8 Å². The molecule has 2 aliphatic heterocycles. The largest absolute Gasteiger partial charge is 0.344 e. The van der Waals surface area contributed by atoms with Crippen LogP contribution in [-0.2, 0) is 16.3 Å². The van der Waals surface area contributed by atoms with Crippen molar-refractivity contribution in [3.05, 3.63) is 30.1 Å². The Morgan fingerprint density at radius 1 is 1.23 bits per heavy atom. The Morgan fingerprint density at radius 2 is 2.04 bits per heavy atom. The molecule has 0 aliphatic carbocycles. The van der Waals surface area contributed by atoms with Gasteiger partial charge in [-0.1, -0.05) is 0 Å². The third kappa shape index (κ3) is 3.43. The van der Waals surface area contributed by atoms with Gasteiger partial charge in [0.2, 0.25) is 5.95 Å². The molecule has 3 heterocycles. The van der Waals surface area contributed by atoms with Gasteiger partial charge < -0.3 is 10.2 Å². The number of anilines is 1. The standard InChI is InChI=1S/C18H23N5O2S/c1-23(11-13-4-7-19-8-5-13)18-21-12-20-17(22-18)15-2-3-16-14(10-15)6-9-26(16,24)25/h2-3,10,12-13,19H,4-9,11H2,1H3. The molecule has 0 unspecified atom stereocenters. The van der Waals surface area contributed by atoms with Crippen LogP contribution in [-0.4, -0.2) is 55.8 Å². The fourth-order valence-electron chi connectivity index (χ4n) is 3.72. The number of nitrogens with zero attached hydrogens (tertiary/aromatic N) is 4. The number of hydrogen-bond donors (Lipinski definition) is 1. The fraction of sp³-hybridized carbons (Fsp3) is 0.500. The number of sulfone groups is 1. The van der Waals surface area contributed by atoms with E-state index in [4.69, 9.17) is 0 Å². The third-order valence-corrected chi connectivity index (χ3v) is 7.00. The van der Waals surface area contributed by atoms with Gasteiger partial charge in [-0.15, -0.1) is 0 Å². The van der Waals surface area contributed by atoms with Gasteiger partial charge in [0, 0.05) is 19.2 Å². The highest BCUT2D eigenvalue weighted by atomic mass is 32.2. The summed E-state index contributed by atoms with van der Waals surface area (Å²) in [6, 6.07) is 5.36. The van der Waals surface area contributed by atoms with Gasteiger partial charge in [0.1, 0.15) is 6.33 Å². The molecule has 0 amide bonds. The van der Waals surface area contributed by atoms with Gasteiger partial charge in [0.25, 0.3) is 0 Å². The maximum atomic E-state index is 12.0. The van der Waals surface area contributed by atoms with Gasteiger partial charge in [-0.3, -0.25) is 0 Å².